The van der Waals surface area contributed by atoms with E-state index in [2.05, 4.69) is 41.3 Å². The van der Waals surface area contributed by atoms with Gasteiger partial charge in [0.15, 0.2) is 10.9 Å². The average Bonchev–Trinajstić information content (AvgIpc) is 3.25. The van der Waals surface area contributed by atoms with Crippen LogP contribution in [0, 0.1) is 0 Å². The van der Waals surface area contributed by atoms with Gasteiger partial charge < -0.3 is 14.4 Å². The van der Waals surface area contributed by atoms with Gasteiger partial charge in [-0.25, -0.2) is 4.99 Å². The van der Waals surface area contributed by atoms with Crippen LogP contribution in [0.25, 0.3) is 16.8 Å². The number of rotatable bonds is 6. The lowest BCUT2D eigenvalue weighted by Crippen LogP contribution is -2.36. The SMILES string of the molecule is CN1C(=O)/C(=C/c2cc(Cl)c(OCc3ccc4ccccc4c3)c(Cl)c2)SC1=Nc1ccc(N2CCOCC2)cc1. The largest absolute Gasteiger partial charge is 0.486 e. The van der Waals surface area contributed by atoms with Gasteiger partial charge in [0.05, 0.1) is 33.9 Å². The summed E-state index contributed by atoms with van der Waals surface area (Å²) in [5, 5.41) is 3.67. The summed E-state index contributed by atoms with van der Waals surface area (Å²) in [4.78, 5) is 22.1. The number of amides is 1. The second-order valence-corrected chi connectivity index (χ2v) is 11.6. The van der Waals surface area contributed by atoms with Gasteiger partial charge in [-0.2, -0.15) is 0 Å². The molecule has 0 aliphatic carbocycles. The van der Waals surface area contributed by atoms with Crippen molar-refractivity contribution in [2.24, 2.45) is 4.99 Å². The molecular weight excluding hydrogens is 577 g/mol. The van der Waals surface area contributed by atoms with Crippen molar-refractivity contribution < 1.29 is 14.3 Å². The standard InChI is InChI=1S/C32H27Cl2N3O3S/c1-36-31(38)29(41-32(36)35-25-8-10-26(11-9-25)37-12-14-39-15-13-37)19-22-17-27(33)30(28(34)18-22)40-20-21-6-7-23-4-2-3-5-24(23)16-21/h2-11,16-19H,12-15,20H2,1H3/b29-19-,35-32?. The molecular formula is C32H27Cl2N3O3S. The number of hydrogen-bond donors (Lipinski definition) is 0. The minimum Gasteiger partial charge on any atom is -0.486 e. The van der Waals surface area contributed by atoms with E-state index in [4.69, 9.17) is 37.7 Å². The number of carbonyl (C=O) groups excluding carboxylic acids is 1. The zero-order valence-corrected chi connectivity index (χ0v) is 24.7. The summed E-state index contributed by atoms with van der Waals surface area (Å²) in [6.45, 7) is 3.55. The van der Waals surface area contributed by atoms with Crippen LogP contribution in [0.2, 0.25) is 10.0 Å². The summed E-state index contributed by atoms with van der Waals surface area (Å²) in [5.74, 6) is 0.275. The van der Waals surface area contributed by atoms with E-state index >= 15 is 0 Å². The first-order valence-corrected chi connectivity index (χ1v) is 14.8. The summed E-state index contributed by atoms with van der Waals surface area (Å²) in [5.41, 5.74) is 3.64. The highest BCUT2D eigenvalue weighted by Gasteiger charge is 2.30. The lowest BCUT2D eigenvalue weighted by molar-refractivity contribution is -0.121. The van der Waals surface area contributed by atoms with E-state index in [1.165, 1.54) is 17.1 Å². The van der Waals surface area contributed by atoms with Crippen molar-refractivity contribution in [2.45, 2.75) is 6.61 Å². The zero-order chi connectivity index (χ0) is 28.3. The Hall–Kier alpha value is -3.49. The van der Waals surface area contributed by atoms with Crippen LogP contribution in [0.4, 0.5) is 11.4 Å². The molecule has 0 atom stereocenters. The number of halogens is 2. The molecule has 0 unspecified atom stereocenters. The van der Waals surface area contributed by atoms with E-state index < -0.39 is 0 Å². The Morgan fingerprint density at radius 3 is 2.39 bits per heavy atom. The number of nitrogens with zero attached hydrogens (tertiary/aromatic N) is 3. The third kappa shape index (κ3) is 6.23. The van der Waals surface area contributed by atoms with Crippen molar-refractivity contribution in [3.63, 3.8) is 0 Å². The summed E-state index contributed by atoms with van der Waals surface area (Å²) in [6.07, 6.45) is 1.78. The third-order valence-electron chi connectivity index (χ3n) is 6.97. The van der Waals surface area contributed by atoms with Crippen LogP contribution in [0.3, 0.4) is 0 Å². The van der Waals surface area contributed by atoms with Gasteiger partial charge >= 0.3 is 0 Å². The highest BCUT2D eigenvalue weighted by Crippen LogP contribution is 2.38. The second-order valence-electron chi connectivity index (χ2n) is 9.77. The normalized spacial score (nSPS) is 17.7. The Morgan fingerprint density at radius 2 is 1.66 bits per heavy atom. The van der Waals surface area contributed by atoms with Crippen LogP contribution < -0.4 is 9.64 Å². The number of ether oxygens (including phenoxy) is 2. The average molecular weight is 605 g/mol. The molecule has 0 radical (unpaired) electrons. The predicted octanol–water partition coefficient (Wildman–Crippen LogP) is 7.80. The number of thioether (sulfide) groups is 1. The Bertz CT molecular complexity index is 1640. The summed E-state index contributed by atoms with van der Waals surface area (Å²) < 4.78 is 11.4. The second kappa shape index (κ2) is 12.2. The van der Waals surface area contributed by atoms with Gasteiger partial charge in [-0.1, -0.05) is 59.6 Å². The minimum atomic E-state index is -0.137. The Morgan fingerprint density at radius 1 is 0.951 bits per heavy atom. The van der Waals surface area contributed by atoms with Gasteiger partial charge in [0.25, 0.3) is 5.91 Å². The number of morpholine rings is 1. The van der Waals surface area contributed by atoms with Gasteiger partial charge in [-0.05, 0) is 82.2 Å². The van der Waals surface area contributed by atoms with E-state index in [0.29, 0.717) is 38.0 Å². The van der Waals surface area contributed by atoms with E-state index in [1.54, 1.807) is 30.2 Å². The monoisotopic (exact) mass is 603 g/mol. The van der Waals surface area contributed by atoms with Crippen LogP contribution >= 0.6 is 35.0 Å². The molecule has 0 N–H and O–H groups in total. The summed E-state index contributed by atoms with van der Waals surface area (Å²) in [7, 11) is 1.72. The molecule has 4 aromatic carbocycles. The fourth-order valence-electron chi connectivity index (χ4n) is 4.76. The maximum absolute atomic E-state index is 13.0. The van der Waals surface area contributed by atoms with Gasteiger partial charge in [0, 0.05) is 25.8 Å². The van der Waals surface area contributed by atoms with Crippen molar-refractivity contribution in [1.82, 2.24) is 4.90 Å². The maximum Gasteiger partial charge on any atom is 0.266 e. The highest BCUT2D eigenvalue weighted by atomic mass is 35.5. The zero-order valence-electron chi connectivity index (χ0n) is 22.3. The molecule has 2 aliphatic heterocycles. The predicted molar refractivity (Wildman–Crippen MR) is 170 cm³/mol. The number of aliphatic imine (C=N–C) groups is 1. The number of hydrogen-bond acceptors (Lipinski definition) is 6. The topological polar surface area (TPSA) is 54.4 Å². The molecule has 2 aliphatic rings. The van der Waals surface area contributed by atoms with E-state index in [-0.39, 0.29) is 5.91 Å². The van der Waals surface area contributed by atoms with Crippen LogP contribution in [0.1, 0.15) is 11.1 Å². The molecule has 6 nitrogen and oxygen atoms in total. The van der Waals surface area contributed by atoms with Gasteiger partial charge in [-0.3, -0.25) is 9.69 Å². The van der Waals surface area contributed by atoms with E-state index in [0.717, 1.165) is 48.6 Å². The van der Waals surface area contributed by atoms with Crippen molar-refractivity contribution >= 4 is 74.3 Å². The molecule has 2 fully saturated rings. The smallest absolute Gasteiger partial charge is 0.266 e. The molecule has 2 heterocycles. The molecule has 9 heteroatoms. The van der Waals surface area contributed by atoms with Crippen LogP contribution in [0.5, 0.6) is 5.75 Å². The van der Waals surface area contributed by atoms with Crippen molar-refractivity contribution in [3.05, 3.63) is 105 Å². The molecule has 0 saturated carbocycles. The van der Waals surface area contributed by atoms with Crippen LogP contribution in [-0.4, -0.2) is 49.3 Å². The number of fused-ring (bicyclic) bond motifs is 1. The summed E-state index contributed by atoms with van der Waals surface area (Å²) >= 11 is 14.5. The molecule has 0 aromatic heterocycles. The summed E-state index contributed by atoms with van der Waals surface area (Å²) in [6, 6.07) is 25.9. The molecule has 1 amide bonds. The Balaban J connectivity index is 1.15. The fourth-order valence-corrected chi connectivity index (χ4v) is 6.36. The third-order valence-corrected chi connectivity index (χ3v) is 8.59. The number of carbonyl (C=O) groups is 1. The van der Waals surface area contributed by atoms with Crippen molar-refractivity contribution in [1.29, 1.82) is 0 Å². The first kappa shape index (κ1) is 27.7. The molecule has 0 spiro atoms. The van der Waals surface area contributed by atoms with E-state index in [9.17, 15) is 4.79 Å². The number of benzene rings is 4. The van der Waals surface area contributed by atoms with Crippen molar-refractivity contribution in [2.75, 3.05) is 38.3 Å². The Kier molecular flexibility index (Phi) is 8.21. The molecule has 208 valence electrons. The van der Waals surface area contributed by atoms with Crippen molar-refractivity contribution in [3.8, 4) is 5.75 Å². The highest BCUT2D eigenvalue weighted by molar-refractivity contribution is 8.18. The molecule has 0 bridgehead atoms. The lowest BCUT2D eigenvalue weighted by Gasteiger charge is -2.28. The molecule has 41 heavy (non-hydrogen) atoms. The van der Waals surface area contributed by atoms with Gasteiger partial charge in [0.2, 0.25) is 0 Å². The lowest BCUT2D eigenvalue weighted by atomic mass is 10.1. The molecule has 6 rings (SSSR count). The quantitative estimate of drug-likeness (QED) is 0.210. The Labute approximate surface area is 253 Å². The van der Waals surface area contributed by atoms with Crippen LogP contribution in [-0.2, 0) is 16.1 Å². The van der Waals surface area contributed by atoms with E-state index in [1.807, 2.05) is 30.3 Å². The minimum absolute atomic E-state index is 0.137. The fraction of sp³-hybridized carbons (Fsp3) is 0.188. The van der Waals surface area contributed by atoms with Crippen LogP contribution in [0.15, 0.2) is 88.8 Å². The van der Waals surface area contributed by atoms with Gasteiger partial charge in [-0.15, -0.1) is 0 Å². The first-order valence-electron chi connectivity index (χ1n) is 13.2. The number of amidine groups is 1. The maximum atomic E-state index is 13.0. The first-order chi connectivity index (χ1) is 19.9. The molecule has 2 saturated heterocycles. The molecule has 4 aromatic rings. The van der Waals surface area contributed by atoms with Gasteiger partial charge in [0.1, 0.15) is 6.61 Å². The number of likely N-dealkylation sites (N-methyl/N-ethyl adjacent to an activating group) is 1. The number of anilines is 1.